The van der Waals surface area contributed by atoms with Crippen LogP contribution in [0.1, 0.15) is 20.8 Å². The Morgan fingerprint density at radius 3 is 2.77 bits per heavy atom. The Hall–Kier alpha value is -0.840. The van der Waals surface area contributed by atoms with Gasteiger partial charge >= 0.3 is 0 Å². The second-order valence-electron chi connectivity index (χ2n) is 3.14. The second-order valence-corrected chi connectivity index (χ2v) is 4.10. The lowest BCUT2D eigenvalue weighted by Crippen LogP contribution is -2.19. The minimum absolute atomic E-state index is 0.00106. The summed E-state index contributed by atoms with van der Waals surface area (Å²) >= 11 is 1.39. The fourth-order valence-electron chi connectivity index (χ4n) is 0.619. The number of amides is 1. The van der Waals surface area contributed by atoms with E-state index < -0.39 is 0 Å². The molecule has 1 heterocycles. The molecule has 0 saturated carbocycles. The molecule has 5 heteroatoms. The van der Waals surface area contributed by atoms with Crippen LogP contribution < -0.4 is 5.32 Å². The van der Waals surface area contributed by atoms with Gasteiger partial charge < -0.3 is 5.32 Å². The zero-order chi connectivity index (χ0) is 9.84. The van der Waals surface area contributed by atoms with Crippen LogP contribution in [0.2, 0.25) is 0 Å². The van der Waals surface area contributed by atoms with Crippen LogP contribution in [-0.2, 0) is 4.79 Å². The van der Waals surface area contributed by atoms with Crippen molar-refractivity contribution in [3.05, 3.63) is 0 Å². The zero-order valence-electron chi connectivity index (χ0n) is 8.00. The summed E-state index contributed by atoms with van der Waals surface area (Å²) in [5.74, 6) is 0.849. The summed E-state index contributed by atoms with van der Waals surface area (Å²) in [6.07, 6.45) is 0. The number of rotatable bonds is 2. The first-order valence-corrected chi connectivity index (χ1v) is 5.13. The summed E-state index contributed by atoms with van der Waals surface area (Å²) in [7, 11) is 0. The molecular weight excluding hydrogens is 186 g/mol. The predicted octanol–water partition coefficient (Wildman–Crippen LogP) is 1.24. The van der Waals surface area contributed by atoms with E-state index in [0.717, 1.165) is 5.71 Å². The molecule has 0 aliphatic carbocycles. The molecule has 1 fully saturated rings. The number of nitrogens with zero attached hydrogens (tertiary/aromatic N) is 2. The molecule has 1 aliphatic heterocycles. The van der Waals surface area contributed by atoms with Crippen LogP contribution in [0.25, 0.3) is 0 Å². The molecule has 13 heavy (non-hydrogen) atoms. The molecule has 0 aromatic heterocycles. The van der Waals surface area contributed by atoms with Crippen molar-refractivity contribution in [3.63, 3.8) is 0 Å². The molecule has 0 unspecified atom stereocenters. The molecule has 1 aliphatic rings. The SMILES string of the molecule is C/C(=N\N=C1\NC(=O)CS1)C(C)C. The van der Waals surface area contributed by atoms with E-state index >= 15 is 0 Å². The first kappa shape index (κ1) is 10.2. The van der Waals surface area contributed by atoms with E-state index in [4.69, 9.17) is 0 Å². The van der Waals surface area contributed by atoms with Gasteiger partial charge in [-0.15, -0.1) is 5.10 Å². The van der Waals surface area contributed by atoms with Crippen molar-refractivity contribution >= 4 is 28.5 Å². The average molecular weight is 199 g/mol. The summed E-state index contributed by atoms with van der Waals surface area (Å²) in [4.78, 5) is 10.8. The van der Waals surface area contributed by atoms with Crippen molar-refractivity contribution in [1.29, 1.82) is 0 Å². The molecule has 1 amide bonds. The normalized spacial score (nSPS) is 21.4. The Labute approximate surface area is 81.9 Å². The minimum atomic E-state index is 0.00106. The Kier molecular flexibility index (Phi) is 3.48. The lowest BCUT2D eigenvalue weighted by Gasteiger charge is -1.99. The summed E-state index contributed by atoms with van der Waals surface area (Å²) < 4.78 is 0. The number of hydrogen-bond donors (Lipinski definition) is 1. The molecular formula is C8H13N3OS. The molecule has 0 atom stereocenters. The van der Waals surface area contributed by atoms with Crippen molar-refractivity contribution in [3.8, 4) is 0 Å². The fourth-order valence-corrected chi connectivity index (χ4v) is 1.24. The summed E-state index contributed by atoms with van der Waals surface area (Å²) in [6.45, 7) is 6.04. The van der Waals surface area contributed by atoms with Crippen LogP contribution in [0.4, 0.5) is 0 Å². The standard InChI is InChI=1S/C8H13N3OS/c1-5(2)6(3)10-11-8-9-7(12)4-13-8/h5H,4H2,1-3H3,(H,9,11,12)/b10-6+. The summed E-state index contributed by atoms with van der Waals surface area (Å²) in [5, 5.41) is 11.2. The van der Waals surface area contributed by atoms with Crippen LogP contribution in [0.5, 0.6) is 0 Å². The highest BCUT2D eigenvalue weighted by Gasteiger charge is 2.16. The lowest BCUT2D eigenvalue weighted by molar-refractivity contribution is -0.116. The molecule has 1 rings (SSSR count). The van der Waals surface area contributed by atoms with Crippen LogP contribution in [-0.4, -0.2) is 22.5 Å². The van der Waals surface area contributed by atoms with Crippen molar-refractivity contribution < 1.29 is 4.79 Å². The molecule has 72 valence electrons. The van der Waals surface area contributed by atoms with Gasteiger partial charge in [0.25, 0.3) is 0 Å². The smallest absolute Gasteiger partial charge is 0.236 e. The lowest BCUT2D eigenvalue weighted by atomic mass is 10.1. The molecule has 0 spiro atoms. The first-order valence-electron chi connectivity index (χ1n) is 4.14. The van der Waals surface area contributed by atoms with E-state index in [-0.39, 0.29) is 5.91 Å². The second kappa shape index (κ2) is 4.41. The van der Waals surface area contributed by atoms with E-state index in [0.29, 0.717) is 16.8 Å². The maximum Gasteiger partial charge on any atom is 0.236 e. The molecule has 1 N–H and O–H groups in total. The number of carbonyl (C=O) groups excluding carboxylic acids is 1. The number of hydrogen-bond acceptors (Lipinski definition) is 4. The van der Waals surface area contributed by atoms with Gasteiger partial charge in [0.15, 0.2) is 5.17 Å². The average Bonchev–Trinajstić information content (AvgIpc) is 2.47. The third-order valence-corrected chi connectivity index (χ3v) is 2.58. The highest BCUT2D eigenvalue weighted by molar-refractivity contribution is 8.15. The monoisotopic (exact) mass is 199 g/mol. The van der Waals surface area contributed by atoms with Crippen LogP contribution >= 0.6 is 11.8 Å². The molecule has 0 bridgehead atoms. The van der Waals surface area contributed by atoms with Crippen LogP contribution in [0.3, 0.4) is 0 Å². The Bertz CT molecular complexity index is 271. The van der Waals surface area contributed by atoms with Gasteiger partial charge in [-0.3, -0.25) is 4.79 Å². The van der Waals surface area contributed by atoms with E-state index in [1.807, 2.05) is 6.92 Å². The third-order valence-electron chi connectivity index (χ3n) is 1.72. The van der Waals surface area contributed by atoms with E-state index in [9.17, 15) is 4.79 Å². The van der Waals surface area contributed by atoms with Crippen molar-refractivity contribution in [1.82, 2.24) is 5.32 Å². The first-order chi connectivity index (χ1) is 6.09. The van der Waals surface area contributed by atoms with Gasteiger partial charge in [-0.1, -0.05) is 25.6 Å². The number of thioether (sulfide) groups is 1. The minimum Gasteiger partial charge on any atom is -0.303 e. The molecule has 4 nitrogen and oxygen atoms in total. The number of nitrogens with one attached hydrogen (secondary N) is 1. The van der Waals surface area contributed by atoms with Gasteiger partial charge in [-0.25, -0.2) is 0 Å². The van der Waals surface area contributed by atoms with Gasteiger partial charge in [-0.2, -0.15) is 5.10 Å². The Balaban J connectivity index is 2.57. The molecule has 0 radical (unpaired) electrons. The molecule has 1 saturated heterocycles. The molecule has 0 aromatic carbocycles. The topological polar surface area (TPSA) is 53.8 Å². The Morgan fingerprint density at radius 2 is 2.31 bits per heavy atom. The predicted molar refractivity (Wildman–Crippen MR) is 56.0 cm³/mol. The van der Waals surface area contributed by atoms with Crippen molar-refractivity contribution in [2.75, 3.05) is 5.75 Å². The zero-order valence-corrected chi connectivity index (χ0v) is 8.81. The summed E-state index contributed by atoms with van der Waals surface area (Å²) in [6, 6.07) is 0. The highest BCUT2D eigenvalue weighted by Crippen LogP contribution is 2.09. The van der Waals surface area contributed by atoms with Crippen LogP contribution in [0.15, 0.2) is 10.2 Å². The fraction of sp³-hybridized carbons (Fsp3) is 0.625. The number of amidine groups is 1. The Morgan fingerprint density at radius 1 is 1.62 bits per heavy atom. The maximum atomic E-state index is 10.8. The third kappa shape index (κ3) is 3.18. The highest BCUT2D eigenvalue weighted by atomic mass is 32.2. The van der Waals surface area contributed by atoms with E-state index in [1.54, 1.807) is 0 Å². The van der Waals surface area contributed by atoms with Crippen molar-refractivity contribution in [2.45, 2.75) is 20.8 Å². The number of carbonyl (C=O) groups is 1. The van der Waals surface area contributed by atoms with Gasteiger partial charge in [0.2, 0.25) is 5.91 Å². The van der Waals surface area contributed by atoms with Crippen molar-refractivity contribution in [2.24, 2.45) is 16.1 Å². The largest absolute Gasteiger partial charge is 0.303 e. The van der Waals surface area contributed by atoms with Gasteiger partial charge in [0.1, 0.15) is 0 Å². The van der Waals surface area contributed by atoms with E-state index in [2.05, 4.69) is 29.4 Å². The maximum absolute atomic E-state index is 10.8. The quantitative estimate of drug-likeness (QED) is 0.537. The summed E-state index contributed by atoms with van der Waals surface area (Å²) in [5.41, 5.74) is 0.967. The van der Waals surface area contributed by atoms with Crippen LogP contribution in [0, 0.1) is 5.92 Å². The van der Waals surface area contributed by atoms with E-state index in [1.165, 1.54) is 11.8 Å². The molecule has 0 aromatic rings. The van der Waals surface area contributed by atoms with Gasteiger partial charge in [0, 0.05) is 5.71 Å². The van der Waals surface area contributed by atoms with Gasteiger partial charge in [0.05, 0.1) is 5.75 Å². The van der Waals surface area contributed by atoms with Gasteiger partial charge in [-0.05, 0) is 12.8 Å².